The minimum Gasteiger partial charge on any atom is -0.339 e. The van der Waals surface area contributed by atoms with Crippen LogP contribution in [0.2, 0.25) is 0 Å². The van der Waals surface area contributed by atoms with Crippen molar-refractivity contribution in [1.82, 2.24) is 24.1 Å². The van der Waals surface area contributed by atoms with E-state index < -0.39 is 0 Å². The smallest absolute Gasteiger partial charge is 0.274 e. The van der Waals surface area contributed by atoms with Crippen molar-refractivity contribution in [2.45, 2.75) is 26.3 Å². The molecule has 4 aromatic rings. The van der Waals surface area contributed by atoms with E-state index in [-0.39, 0.29) is 5.91 Å². The number of hydrogen-bond acceptors (Lipinski definition) is 5. The Morgan fingerprint density at radius 2 is 2.03 bits per heavy atom. The van der Waals surface area contributed by atoms with Gasteiger partial charge in [0.1, 0.15) is 5.69 Å². The van der Waals surface area contributed by atoms with Crippen molar-refractivity contribution in [1.29, 1.82) is 0 Å². The number of nitrogens with zero attached hydrogens (tertiary/aromatic N) is 5. The van der Waals surface area contributed by atoms with Crippen LogP contribution in [0.4, 0.5) is 5.13 Å². The van der Waals surface area contributed by atoms with Gasteiger partial charge in [-0.25, -0.2) is 9.97 Å². The van der Waals surface area contributed by atoms with E-state index >= 15 is 0 Å². The number of carbonyl (C=O) groups excluding carboxylic acids is 1. The van der Waals surface area contributed by atoms with Crippen molar-refractivity contribution in [2.24, 2.45) is 7.05 Å². The Morgan fingerprint density at radius 1 is 1.23 bits per heavy atom. The number of rotatable bonds is 7. The monoisotopic (exact) mass is 432 g/mol. The van der Waals surface area contributed by atoms with Crippen molar-refractivity contribution >= 4 is 34.5 Å². The number of imidazole rings is 1. The molecule has 0 saturated carbocycles. The predicted molar refractivity (Wildman–Crippen MR) is 124 cm³/mol. The van der Waals surface area contributed by atoms with E-state index in [1.807, 2.05) is 64.4 Å². The molecular formula is C23H24N6OS. The maximum atomic E-state index is 12.8. The molecule has 4 aromatic heterocycles. The third kappa shape index (κ3) is 4.80. The second-order valence-electron chi connectivity index (χ2n) is 7.52. The molecule has 0 aliphatic rings. The van der Waals surface area contributed by atoms with Crippen LogP contribution < -0.4 is 5.32 Å². The molecule has 0 spiro atoms. The summed E-state index contributed by atoms with van der Waals surface area (Å²) in [5, 5.41) is 5.38. The van der Waals surface area contributed by atoms with Crippen LogP contribution in [-0.2, 0) is 13.6 Å². The summed E-state index contributed by atoms with van der Waals surface area (Å²) in [6.45, 7) is 4.90. The molecule has 0 saturated heterocycles. The lowest BCUT2D eigenvalue weighted by Crippen LogP contribution is -2.17. The number of aryl methyl sites for hydroxylation is 1. The van der Waals surface area contributed by atoms with Gasteiger partial charge in [0.25, 0.3) is 5.91 Å². The number of amides is 1. The summed E-state index contributed by atoms with van der Waals surface area (Å²) < 4.78 is 3.95. The van der Waals surface area contributed by atoms with Crippen LogP contribution >= 0.6 is 11.3 Å². The molecule has 0 aliphatic heterocycles. The fourth-order valence-corrected chi connectivity index (χ4v) is 4.15. The van der Waals surface area contributed by atoms with Crippen LogP contribution in [0.15, 0.2) is 54.6 Å². The highest BCUT2D eigenvalue weighted by Crippen LogP contribution is 2.22. The maximum Gasteiger partial charge on any atom is 0.274 e. The van der Waals surface area contributed by atoms with Gasteiger partial charge in [0.15, 0.2) is 5.13 Å². The zero-order valence-electron chi connectivity index (χ0n) is 17.7. The van der Waals surface area contributed by atoms with Crippen molar-refractivity contribution in [3.05, 3.63) is 82.9 Å². The van der Waals surface area contributed by atoms with Gasteiger partial charge in [-0.3, -0.25) is 15.1 Å². The lowest BCUT2D eigenvalue weighted by molar-refractivity contribution is 0.101. The average molecular weight is 433 g/mol. The minimum absolute atomic E-state index is 0.184. The first-order valence-corrected chi connectivity index (χ1v) is 10.9. The van der Waals surface area contributed by atoms with E-state index in [9.17, 15) is 4.79 Å². The SMILES string of the molecule is CC(C)c1c(/C=C/c2csc(NC(=O)c3cccn3Cc3ccncc3)n2)ncn1C. The van der Waals surface area contributed by atoms with Gasteiger partial charge in [0.05, 0.1) is 17.7 Å². The Morgan fingerprint density at radius 3 is 2.81 bits per heavy atom. The largest absolute Gasteiger partial charge is 0.339 e. The van der Waals surface area contributed by atoms with Crippen LogP contribution in [0.3, 0.4) is 0 Å². The van der Waals surface area contributed by atoms with Gasteiger partial charge in [-0.05, 0) is 47.9 Å². The lowest BCUT2D eigenvalue weighted by Gasteiger charge is -2.08. The van der Waals surface area contributed by atoms with Gasteiger partial charge in [0.2, 0.25) is 0 Å². The Bertz CT molecular complexity index is 1200. The predicted octanol–water partition coefficient (Wildman–Crippen LogP) is 4.67. The van der Waals surface area contributed by atoms with E-state index in [0.717, 1.165) is 17.0 Å². The van der Waals surface area contributed by atoms with Crippen LogP contribution in [-0.4, -0.2) is 30.0 Å². The number of anilines is 1. The highest BCUT2D eigenvalue weighted by Gasteiger charge is 2.14. The van der Waals surface area contributed by atoms with Crippen molar-refractivity contribution in [3.63, 3.8) is 0 Å². The van der Waals surface area contributed by atoms with Gasteiger partial charge in [-0.2, -0.15) is 0 Å². The Kier molecular flexibility index (Phi) is 6.08. The summed E-state index contributed by atoms with van der Waals surface area (Å²) in [6.07, 6.45) is 11.1. The van der Waals surface area contributed by atoms with Gasteiger partial charge in [-0.1, -0.05) is 13.8 Å². The van der Waals surface area contributed by atoms with Gasteiger partial charge in [-0.15, -0.1) is 11.3 Å². The number of hydrogen-bond donors (Lipinski definition) is 1. The quantitative estimate of drug-likeness (QED) is 0.460. The Labute approximate surface area is 185 Å². The van der Waals surface area contributed by atoms with Gasteiger partial charge < -0.3 is 9.13 Å². The van der Waals surface area contributed by atoms with E-state index in [1.54, 1.807) is 18.5 Å². The van der Waals surface area contributed by atoms with E-state index in [0.29, 0.717) is 23.3 Å². The van der Waals surface area contributed by atoms with Gasteiger partial charge >= 0.3 is 0 Å². The van der Waals surface area contributed by atoms with E-state index in [2.05, 4.69) is 34.1 Å². The molecule has 0 fully saturated rings. The number of thiazole rings is 1. The van der Waals surface area contributed by atoms with Crippen molar-refractivity contribution in [3.8, 4) is 0 Å². The standard InChI is InChI=1S/C23H24N6OS/c1-16(2)21-19(25-15-28(21)3)7-6-18-14-31-23(26-18)27-22(30)20-5-4-12-29(20)13-17-8-10-24-11-9-17/h4-12,14-16H,13H2,1-3H3,(H,26,27,30)/b7-6+. The third-order valence-corrected chi connectivity index (χ3v) is 5.65. The Hall–Kier alpha value is -3.52. The highest BCUT2D eigenvalue weighted by molar-refractivity contribution is 7.14. The zero-order valence-corrected chi connectivity index (χ0v) is 18.5. The first kappa shape index (κ1) is 20.7. The van der Waals surface area contributed by atoms with Crippen molar-refractivity contribution in [2.75, 3.05) is 5.32 Å². The Balaban J connectivity index is 1.44. The molecule has 158 valence electrons. The normalized spacial score (nSPS) is 11.5. The van der Waals surface area contributed by atoms with Gasteiger partial charge in [0, 0.05) is 43.3 Å². The average Bonchev–Trinajstić information content (AvgIpc) is 3.47. The molecule has 0 unspecified atom stereocenters. The van der Waals surface area contributed by atoms with Crippen molar-refractivity contribution < 1.29 is 4.79 Å². The number of nitrogens with one attached hydrogen (secondary N) is 1. The summed E-state index contributed by atoms with van der Waals surface area (Å²) >= 11 is 1.40. The summed E-state index contributed by atoms with van der Waals surface area (Å²) in [4.78, 5) is 25.8. The second-order valence-corrected chi connectivity index (χ2v) is 8.38. The van der Waals surface area contributed by atoms with Crippen LogP contribution in [0.1, 0.15) is 52.9 Å². The molecule has 0 aliphatic carbocycles. The molecule has 4 heterocycles. The molecule has 4 rings (SSSR count). The molecule has 8 heteroatoms. The highest BCUT2D eigenvalue weighted by atomic mass is 32.1. The molecule has 1 amide bonds. The molecule has 0 radical (unpaired) electrons. The third-order valence-electron chi connectivity index (χ3n) is 4.88. The molecule has 1 N–H and O–H groups in total. The molecule has 31 heavy (non-hydrogen) atoms. The topological polar surface area (TPSA) is 77.6 Å². The van der Waals surface area contributed by atoms with E-state index in [4.69, 9.17) is 0 Å². The molecule has 0 atom stereocenters. The second kappa shape index (κ2) is 9.09. The summed E-state index contributed by atoms with van der Waals surface area (Å²) in [6, 6.07) is 7.55. The molecule has 0 aromatic carbocycles. The summed E-state index contributed by atoms with van der Waals surface area (Å²) in [7, 11) is 2.00. The summed E-state index contributed by atoms with van der Waals surface area (Å²) in [5.74, 6) is 0.191. The first-order chi connectivity index (χ1) is 15.0. The number of aromatic nitrogens is 5. The number of pyridine rings is 1. The number of carbonyl (C=O) groups is 1. The zero-order chi connectivity index (χ0) is 21.8. The fraction of sp³-hybridized carbons (Fsp3) is 0.217. The molecule has 7 nitrogen and oxygen atoms in total. The lowest BCUT2D eigenvalue weighted by atomic mass is 10.1. The van der Waals surface area contributed by atoms with Crippen LogP contribution in [0, 0.1) is 0 Å². The minimum atomic E-state index is -0.184. The van der Waals surface area contributed by atoms with E-state index in [1.165, 1.54) is 17.0 Å². The maximum absolute atomic E-state index is 12.8. The summed E-state index contributed by atoms with van der Waals surface area (Å²) in [5.41, 5.74) is 4.56. The molecular weight excluding hydrogens is 408 g/mol. The van der Waals surface area contributed by atoms with Crippen LogP contribution in [0.5, 0.6) is 0 Å². The fourth-order valence-electron chi connectivity index (χ4n) is 3.48. The van der Waals surface area contributed by atoms with Crippen LogP contribution in [0.25, 0.3) is 12.2 Å². The molecule has 0 bridgehead atoms. The first-order valence-electron chi connectivity index (χ1n) is 10.0.